The molecule has 0 fully saturated rings. The smallest absolute Gasteiger partial charge is 0.265 e. The van der Waals surface area contributed by atoms with Gasteiger partial charge in [0.15, 0.2) is 18.1 Å². The van der Waals surface area contributed by atoms with E-state index < -0.39 is 0 Å². The largest absolute Gasteiger partial charge is 0.493 e. The molecule has 0 saturated heterocycles. The first kappa shape index (κ1) is 18.6. The lowest BCUT2D eigenvalue weighted by Gasteiger charge is -2.09. The Morgan fingerprint density at radius 2 is 1.96 bits per heavy atom. The number of hydrogen-bond donors (Lipinski definition) is 1. The Kier molecular flexibility index (Phi) is 7.10. The van der Waals surface area contributed by atoms with Crippen LogP contribution in [0, 0.1) is 0 Å². The molecule has 7 heteroatoms. The van der Waals surface area contributed by atoms with Crippen molar-refractivity contribution in [1.82, 2.24) is 0 Å². The standard InChI is InChI=1S/C18H19ClN2O4/c1-3-24-16-9-4-13(10-17(16)23-2)11-20-25-12-18(22)21-15-7-5-14(19)6-8-15/h4-11H,3,12H2,1-2H3,(H,21,22)/b20-11+. The minimum absolute atomic E-state index is 0.201. The highest BCUT2D eigenvalue weighted by Crippen LogP contribution is 2.27. The fourth-order valence-electron chi connectivity index (χ4n) is 1.96. The Bertz CT molecular complexity index is 732. The van der Waals surface area contributed by atoms with Crippen molar-refractivity contribution in [3.8, 4) is 11.5 Å². The van der Waals surface area contributed by atoms with Crippen LogP contribution < -0.4 is 14.8 Å². The first-order valence-electron chi connectivity index (χ1n) is 7.64. The molecular weight excluding hydrogens is 344 g/mol. The fourth-order valence-corrected chi connectivity index (χ4v) is 2.09. The lowest BCUT2D eigenvalue weighted by Crippen LogP contribution is -2.16. The summed E-state index contributed by atoms with van der Waals surface area (Å²) in [6, 6.07) is 12.2. The van der Waals surface area contributed by atoms with Crippen LogP contribution in [-0.4, -0.2) is 32.4 Å². The van der Waals surface area contributed by atoms with E-state index in [4.69, 9.17) is 25.9 Å². The third-order valence-electron chi connectivity index (χ3n) is 3.09. The Labute approximate surface area is 151 Å². The van der Waals surface area contributed by atoms with Gasteiger partial charge in [0, 0.05) is 16.3 Å². The summed E-state index contributed by atoms with van der Waals surface area (Å²) < 4.78 is 10.7. The SMILES string of the molecule is CCOc1ccc(/C=N/OCC(=O)Nc2ccc(Cl)cc2)cc1OC. The average molecular weight is 363 g/mol. The van der Waals surface area contributed by atoms with Crippen molar-refractivity contribution < 1.29 is 19.1 Å². The highest BCUT2D eigenvalue weighted by atomic mass is 35.5. The zero-order chi connectivity index (χ0) is 18.1. The number of rotatable bonds is 8. The molecule has 0 spiro atoms. The molecular formula is C18H19ClN2O4. The van der Waals surface area contributed by atoms with E-state index in [0.717, 1.165) is 5.56 Å². The Morgan fingerprint density at radius 3 is 2.64 bits per heavy atom. The molecule has 132 valence electrons. The maximum atomic E-state index is 11.7. The summed E-state index contributed by atoms with van der Waals surface area (Å²) in [4.78, 5) is 16.8. The van der Waals surface area contributed by atoms with Crippen LogP contribution in [0.2, 0.25) is 5.02 Å². The molecule has 0 unspecified atom stereocenters. The number of nitrogens with zero attached hydrogens (tertiary/aromatic N) is 1. The van der Waals surface area contributed by atoms with Crippen LogP contribution in [0.4, 0.5) is 5.69 Å². The van der Waals surface area contributed by atoms with E-state index in [9.17, 15) is 4.79 Å². The van der Waals surface area contributed by atoms with Crippen molar-refractivity contribution >= 4 is 29.4 Å². The topological polar surface area (TPSA) is 69.2 Å². The highest BCUT2D eigenvalue weighted by Gasteiger charge is 2.05. The number of carbonyl (C=O) groups excluding carboxylic acids is 1. The molecule has 6 nitrogen and oxygen atoms in total. The number of carbonyl (C=O) groups is 1. The molecule has 0 saturated carbocycles. The predicted molar refractivity (Wildman–Crippen MR) is 97.8 cm³/mol. The van der Waals surface area contributed by atoms with Crippen LogP contribution >= 0.6 is 11.6 Å². The lowest BCUT2D eigenvalue weighted by molar-refractivity contribution is -0.120. The summed E-state index contributed by atoms with van der Waals surface area (Å²) in [5, 5.41) is 7.06. The summed E-state index contributed by atoms with van der Waals surface area (Å²) in [5.41, 5.74) is 1.40. The van der Waals surface area contributed by atoms with Gasteiger partial charge in [-0.15, -0.1) is 0 Å². The first-order chi connectivity index (χ1) is 12.1. The van der Waals surface area contributed by atoms with Crippen molar-refractivity contribution in [3.05, 3.63) is 53.1 Å². The van der Waals surface area contributed by atoms with Crippen LogP contribution in [0.15, 0.2) is 47.6 Å². The summed E-state index contributed by atoms with van der Waals surface area (Å²) in [5.74, 6) is 0.945. The monoisotopic (exact) mass is 362 g/mol. The van der Waals surface area contributed by atoms with Gasteiger partial charge in [0.2, 0.25) is 0 Å². The number of oxime groups is 1. The van der Waals surface area contributed by atoms with Gasteiger partial charge in [0.1, 0.15) is 0 Å². The van der Waals surface area contributed by atoms with Gasteiger partial charge in [-0.2, -0.15) is 0 Å². The van der Waals surface area contributed by atoms with Crippen molar-refractivity contribution in [1.29, 1.82) is 0 Å². The number of methoxy groups -OCH3 is 1. The van der Waals surface area contributed by atoms with E-state index >= 15 is 0 Å². The minimum atomic E-state index is -0.316. The molecule has 0 aliphatic carbocycles. The molecule has 0 radical (unpaired) electrons. The second-order valence-electron chi connectivity index (χ2n) is 4.91. The minimum Gasteiger partial charge on any atom is -0.493 e. The number of ether oxygens (including phenoxy) is 2. The zero-order valence-corrected chi connectivity index (χ0v) is 14.7. The number of benzene rings is 2. The molecule has 25 heavy (non-hydrogen) atoms. The third kappa shape index (κ3) is 6.00. The van der Waals surface area contributed by atoms with E-state index in [2.05, 4.69) is 10.5 Å². The summed E-state index contributed by atoms with van der Waals surface area (Å²) in [6.07, 6.45) is 1.49. The van der Waals surface area contributed by atoms with E-state index in [1.807, 2.05) is 13.0 Å². The maximum absolute atomic E-state index is 11.7. The highest BCUT2D eigenvalue weighted by molar-refractivity contribution is 6.30. The normalized spacial score (nSPS) is 10.5. The number of halogens is 1. The van der Waals surface area contributed by atoms with Gasteiger partial charge in [0.05, 0.1) is 19.9 Å². The van der Waals surface area contributed by atoms with Gasteiger partial charge in [-0.25, -0.2) is 0 Å². The summed E-state index contributed by atoms with van der Waals surface area (Å²) in [7, 11) is 1.57. The Balaban J connectivity index is 1.84. The third-order valence-corrected chi connectivity index (χ3v) is 3.34. The van der Waals surface area contributed by atoms with Crippen molar-refractivity contribution in [2.45, 2.75) is 6.92 Å². The molecule has 2 aromatic rings. The second kappa shape index (κ2) is 9.54. The van der Waals surface area contributed by atoms with Crippen LogP contribution in [-0.2, 0) is 9.63 Å². The van der Waals surface area contributed by atoms with E-state index in [0.29, 0.717) is 28.8 Å². The molecule has 0 bridgehead atoms. The van der Waals surface area contributed by atoms with Gasteiger partial charge in [0.25, 0.3) is 5.91 Å². The molecule has 2 rings (SSSR count). The van der Waals surface area contributed by atoms with Crippen LogP contribution in [0.25, 0.3) is 0 Å². The number of amides is 1. The second-order valence-corrected chi connectivity index (χ2v) is 5.34. The van der Waals surface area contributed by atoms with Gasteiger partial charge < -0.3 is 19.6 Å². The van der Waals surface area contributed by atoms with Gasteiger partial charge >= 0.3 is 0 Å². The van der Waals surface area contributed by atoms with E-state index in [-0.39, 0.29) is 12.5 Å². The van der Waals surface area contributed by atoms with Crippen molar-refractivity contribution in [3.63, 3.8) is 0 Å². The molecule has 1 amide bonds. The number of hydrogen-bond acceptors (Lipinski definition) is 5. The van der Waals surface area contributed by atoms with Gasteiger partial charge in [-0.3, -0.25) is 4.79 Å². The molecule has 0 atom stereocenters. The quantitative estimate of drug-likeness (QED) is 0.573. The van der Waals surface area contributed by atoms with Gasteiger partial charge in [-0.05, 0) is 49.4 Å². The van der Waals surface area contributed by atoms with Crippen LogP contribution in [0.1, 0.15) is 12.5 Å². The van der Waals surface area contributed by atoms with Gasteiger partial charge in [-0.1, -0.05) is 16.8 Å². The molecule has 0 heterocycles. The molecule has 0 aromatic heterocycles. The van der Waals surface area contributed by atoms with E-state index in [1.54, 1.807) is 43.5 Å². The maximum Gasteiger partial charge on any atom is 0.265 e. The van der Waals surface area contributed by atoms with E-state index in [1.165, 1.54) is 6.21 Å². The molecule has 0 aliphatic heterocycles. The molecule has 1 N–H and O–H groups in total. The van der Waals surface area contributed by atoms with Crippen molar-refractivity contribution in [2.24, 2.45) is 5.16 Å². The molecule has 2 aromatic carbocycles. The zero-order valence-electron chi connectivity index (χ0n) is 14.0. The summed E-state index contributed by atoms with van der Waals surface area (Å²) >= 11 is 5.78. The summed E-state index contributed by atoms with van der Waals surface area (Å²) in [6.45, 7) is 2.25. The fraction of sp³-hybridized carbons (Fsp3) is 0.222. The van der Waals surface area contributed by atoms with Crippen molar-refractivity contribution in [2.75, 3.05) is 25.6 Å². The van der Waals surface area contributed by atoms with Crippen LogP contribution in [0.3, 0.4) is 0 Å². The number of nitrogens with one attached hydrogen (secondary N) is 1. The Hall–Kier alpha value is -2.73. The lowest BCUT2D eigenvalue weighted by atomic mass is 10.2. The van der Waals surface area contributed by atoms with Crippen LogP contribution in [0.5, 0.6) is 11.5 Å². The predicted octanol–water partition coefficient (Wildman–Crippen LogP) is 3.74. The average Bonchev–Trinajstić information content (AvgIpc) is 2.62. The number of anilines is 1. The molecule has 0 aliphatic rings. The first-order valence-corrected chi connectivity index (χ1v) is 8.01. The Morgan fingerprint density at radius 1 is 1.20 bits per heavy atom.